The lowest BCUT2D eigenvalue weighted by atomic mass is 10.1. The van der Waals surface area contributed by atoms with Crippen molar-refractivity contribution in [2.24, 2.45) is 5.73 Å². The minimum atomic E-state index is -0.428. The number of benzene rings is 1. The fourth-order valence-corrected chi connectivity index (χ4v) is 2.68. The van der Waals surface area contributed by atoms with Crippen LogP contribution in [0.5, 0.6) is 0 Å². The Morgan fingerprint density at radius 1 is 1.31 bits per heavy atom. The number of halogens is 2. The molecule has 84 valence electrons. The van der Waals surface area contributed by atoms with E-state index in [1.165, 1.54) is 10.9 Å². The second kappa shape index (κ2) is 4.53. The average molecular weight is 256 g/mol. The number of nitrogens with two attached hydrogens (primary N) is 1. The van der Waals surface area contributed by atoms with Crippen molar-refractivity contribution in [1.29, 1.82) is 0 Å². The Labute approximate surface area is 103 Å². The molecule has 0 aliphatic carbocycles. The smallest absolute Gasteiger partial charge is 0.142 e. The molecule has 0 saturated heterocycles. The van der Waals surface area contributed by atoms with Crippen LogP contribution in [0.2, 0.25) is 5.02 Å². The van der Waals surface area contributed by atoms with E-state index in [0.717, 1.165) is 4.88 Å². The van der Waals surface area contributed by atoms with Crippen LogP contribution in [0, 0.1) is 12.7 Å². The lowest BCUT2D eigenvalue weighted by molar-refractivity contribution is 0.624. The monoisotopic (exact) mass is 255 g/mol. The van der Waals surface area contributed by atoms with E-state index in [9.17, 15) is 4.39 Å². The van der Waals surface area contributed by atoms with Crippen molar-refractivity contribution in [1.82, 2.24) is 0 Å². The third kappa shape index (κ3) is 2.12. The van der Waals surface area contributed by atoms with E-state index in [4.69, 9.17) is 17.3 Å². The molecule has 0 saturated carbocycles. The van der Waals surface area contributed by atoms with Gasteiger partial charge in [-0.15, -0.1) is 11.3 Å². The molecule has 2 rings (SSSR count). The third-order valence-corrected chi connectivity index (χ3v) is 3.87. The standard InChI is InChI=1S/C12H11ClFNS/c1-7-5-6-10(16-7)12(15)8-3-2-4-9(14)11(8)13/h2-6,12H,15H2,1H3. The third-order valence-electron chi connectivity index (χ3n) is 2.38. The summed E-state index contributed by atoms with van der Waals surface area (Å²) in [5.41, 5.74) is 6.69. The molecule has 0 amide bonds. The normalized spacial score (nSPS) is 12.8. The molecule has 0 aliphatic heterocycles. The summed E-state index contributed by atoms with van der Waals surface area (Å²) in [7, 11) is 0. The number of aryl methyl sites for hydroxylation is 1. The van der Waals surface area contributed by atoms with Gasteiger partial charge in [0.1, 0.15) is 5.82 Å². The molecule has 0 spiro atoms. The molecule has 16 heavy (non-hydrogen) atoms. The van der Waals surface area contributed by atoms with Crippen LogP contribution >= 0.6 is 22.9 Å². The molecular weight excluding hydrogens is 245 g/mol. The minimum absolute atomic E-state index is 0.112. The molecule has 1 aromatic heterocycles. The van der Waals surface area contributed by atoms with Crippen LogP contribution < -0.4 is 5.73 Å². The van der Waals surface area contributed by atoms with Crippen LogP contribution in [0.15, 0.2) is 30.3 Å². The van der Waals surface area contributed by atoms with Gasteiger partial charge in [0.25, 0.3) is 0 Å². The topological polar surface area (TPSA) is 26.0 Å². The maximum Gasteiger partial charge on any atom is 0.142 e. The highest BCUT2D eigenvalue weighted by molar-refractivity contribution is 7.12. The SMILES string of the molecule is Cc1ccc(C(N)c2cccc(F)c2Cl)s1. The van der Waals surface area contributed by atoms with Crippen LogP contribution in [0.4, 0.5) is 4.39 Å². The zero-order valence-electron chi connectivity index (χ0n) is 8.71. The molecule has 1 aromatic carbocycles. The second-order valence-electron chi connectivity index (χ2n) is 3.57. The predicted molar refractivity (Wildman–Crippen MR) is 66.5 cm³/mol. The quantitative estimate of drug-likeness (QED) is 0.866. The summed E-state index contributed by atoms with van der Waals surface area (Å²) in [5, 5.41) is 0.112. The van der Waals surface area contributed by atoms with Gasteiger partial charge in [-0.2, -0.15) is 0 Å². The molecule has 2 N–H and O–H groups in total. The first-order chi connectivity index (χ1) is 7.59. The molecule has 1 unspecified atom stereocenters. The van der Waals surface area contributed by atoms with Crippen molar-refractivity contribution in [3.8, 4) is 0 Å². The summed E-state index contributed by atoms with van der Waals surface area (Å²) in [6, 6.07) is 8.29. The Morgan fingerprint density at radius 3 is 2.69 bits per heavy atom. The van der Waals surface area contributed by atoms with Crippen LogP contribution in [0.3, 0.4) is 0 Å². The molecule has 0 fully saturated rings. The van der Waals surface area contributed by atoms with Crippen molar-refractivity contribution in [2.75, 3.05) is 0 Å². The predicted octanol–water partition coefficient (Wildman–Crippen LogP) is 3.90. The molecule has 4 heteroatoms. The van der Waals surface area contributed by atoms with E-state index in [2.05, 4.69) is 0 Å². The van der Waals surface area contributed by atoms with Crippen LogP contribution in [-0.2, 0) is 0 Å². The lowest BCUT2D eigenvalue weighted by Gasteiger charge is -2.12. The summed E-state index contributed by atoms with van der Waals surface area (Å²) >= 11 is 7.49. The van der Waals surface area contributed by atoms with Gasteiger partial charge in [0, 0.05) is 9.75 Å². The van der Waals surface area contributed by atoms with Crippen molar-refractivity contribution in [3.05, 3.63) is 56.5 Å². The molecule has 1 nitrogen and oxygen atoms in total. The molecular formula is C12H11ClFNS. The second-order valence-corrected chi connectivity index (χ2v) is 5.27. The highest BCUT2D eigenvalue weighted by Crippen LogP contribution is 2.31. The highest BCUT2D eigenvalue weighted by Gasteiger charge is 2.16. The zero-order chi connectivity index (χ0) is 11.7. The van der Waals surface area contributed by atoms with Gasteiger partial charge in [0.2, 0.25) is 0 Å². The van der Waals surface area contributed by atoms with Crippen LogP contribution in [0.1, 0.15) is 21.4 Å². The first-order valence-electron chi connectivity index (χ1n) is 4.85. The van der Waals surface area contributed by atoms with E-state index < -0.39 is 5.82 Å². The number of thiophene rings is 1. The molecule has 0 radical (unpaired) electrons. The first-order valence-corrected chi connectivity index (χ1v) is 6.05. The Kier molecular flexibility index (Phi) is 3.28. The van der Waals surface area contributed by atoms with Gasteiger partial charge >= 0.3 is 0 Å². The van der Waals surface area contributed by atoms with Gasteiger partial charge < -0.3 is 5.73 Å². The molecule has 1 heterocycles. The highest BCUT2D eigenvalue weighted by atomic mass is 35.5. The summed E-state index contributed by atoms with van der Waals surface area (Å²) in [5.74, 6) is -0.428. The summed E-state index contributed by atoms with van der Waals surface area (Å²) < 4.78 is 13.3. The Bertz CT molecular complexity index is 509. The number of hydrogen-bond acceptors (Lipinski definition) is 2. The summed E-state index contributed by atoms with van der Waals surface area (Å²) in [6.45, 7) is 2.01. The van der Waals surface area contributed by atoms with Gasteiger partial charge in [-0.3, -0.25) is 0 Å². The Morgan fingerprint density at radius 2 is 2.06 bits per heavy atom. The molecule has 1 atom stereocenters. The van der Waals surface area contributed by atoms with E-state index >= 15 is 0 Å². The first kappa shape index (κ1) is 11.6. The molecule has 2 aromatic rings. The summed E-state index contributed by atoms with van der Waals surface area (Å²) in [6.07, 6.45) is 0. The van der Waals surface area contributed by atoms with Gasteiger partial charge in [-0.25, -0.2) is 4.39 Å². The van der Waals surface area contributed by atoms with E-state index in [1.807, 2.05) is 19.1 Å². The van der Waals surface area contributed by atoms with E-state index in [1.54, 1.807) is 23.5 Å². The zero-order valence-corrected chi connectivity index (χ0v) is 10.3. The van der Waals surface area contributed by atoms with Crippen molar-refractivity contribution >= 4 is 22.9 Å². The van der Waals surface area contributed by atoms with Crippen LogP contribution in [-0.4, -0.2) is 0 Å². The van der Waals surface area contributed by atoms with Crippen molar-refractivity contribution in [3.63, 3.8) is 0 Å². The fraction of sp³-hybridized carbons (Fsp3) is 0.167. The molecule has 0 bridgehead atoms. The maximum atomic E-state index is 13.3. The van der Waals surface area contributed by atoms with Gasteiger partial charge in [0.05, 0.1) is 11.1 Å². The largest absolute Gasteiger partial charge is 0.320 e. The van der Waals surface area contributed by atoms with Gasteiger partial charge in [0.15, 0.2) is 0 Å². The maximum absolute atomic E-state index is 13.3. The van der Waals surface area contributed by atoms with E-state index in [-0.39, 0.29) is 11.1 Å². The Hall–Kier alpha value is -0.900. The van der Waals surface area contributed by atoms with Gasteiger partial charge in [-0.05, 0) is 30.7 Å². The lowest BCUT2D eigenvalue weighted by Crippen LogP contribution is -2.11. The fourth-order valence-electron chi connectivity index (χ4n) is 1.53. The summed E-state index contributed by atoms with van der Waals surface area (Å²) in [4.78, 5) is 2.17. The van der Waals surface area contributed by atoms with Crippen molar-refractivity contribution in [2.45, 2.75) is 13.0 Å². The minimum Gasteiger partial charge on any atom is -0.320 e. The van der Waals surface area contributed by atoms with Crippen LogP contribution in [0.25, 0.3) is 0 Å². The molecule has 0 aliphatic rings. The number of hydrogen-bond donors (Lipinski definition) is 1. The van der Waals surface area contributed by atoms with Crippen molar-refractivity contribution < 1.29 is 4.39 Å². The van der Waals surface area contributed by atoms with Gasteiger partial charge in [-0.1, -0.05) is 23.7 Å². The number of rotatable bonds is 2. The Balaban J connectivity index is 2.41. The average Bonchev–Trinajstić information content (AvgIpc) is 2.68. The van der Waals surface area contributed by atoms with E-state index in [0.29, 0.717) is 5.56 Å².